The van der Waals surface area contributed by atoms with E-state index in [0.29, 0.717) is 18.4 Å². The summed E-state index contributed by atoms with van der Waals surface area (Å²) in [5.41, 5.74) is 9.22. The monoisotopic (exact) mass is 470 g/mol. The largest absolute Gasteiger partial charge is 0.370 e. The van der Waals surface area contributed by atoms with Gasteiger partial charge in [0.2, 0.25) is 0 Å². The van der Waals surface area contributed by atoms with E-state index in [1.807, 2.05) is 31.1 Å². The van der Waals surface area contributed by atoms with E-state index in [-0.39, 0.29) is 35.8 Å². The summed E-state index contributed by atoms with van der Waals surface area (Å²) in [6, 6.07) is 14.7. The maximum Gasteiger partial charge on any atom is 0.193 e. The van der Waals surface area contributed by atoms with Crippen molar-refractivity contribution in [3.8, 4) is 0 Å². The molecule has 1 unspecified atom stereocenters. The van der Waals surface area contributed by atoms with Crippen LogP contribution in [0.25, 0.3) is 0 Å². The molecule has 0 radical (unpaired) electrons. The number of likely N-dealkylation sites (N-methyl/N-ethyl adjacent to an activating group) is 1. The SMILES string of the molecule is CC(C)c1cccc(NC(N)=NCC(c2ccc(F)cc2)N(C)C)c1.I. The summed E-state index contributed by atoms with van der Waals surface area (Å²) < 4.78 is 13.1. The summed E-state index contributed by atoms with van der Waals surface area (Å²) in [5, 5.41) is 3.14. The van der Waals surface area contributed by atoms with Crippen LogP contribution in [0.2, 0.25) is 0 Å². The lowest BCUT2D eigenvalue weighted by atomic mass is 10.0. The van der Waals surface area contributed by atoms with Crippen molar-refractivity contribution in [2.75, 3.05) is 26.0 Å². The van der Waals surface area contributed by atoms with Crippen molar-refractivity contribution in [1.29, 1.82) is 0 Å². The second-order valence-electron chi connectivity index (χ2n) is 6.66. The topological polar surface area (TPSA) is 53.6 Å². The number of hydrogen-bond donors (Lipinski definition) is 2. The summed E-state index contributed by atoms with van der Waals surface area (Å²) in [6.45, 7) is 4.79. The predicted molar refractivity (Wildman–Crippen MR) is 119 cm³/mol. The standard InChI is InChI=1S/C20H27FN4.HI/c1-14(2)16-6-5-7-18(12-16)24-20(22)23-13-19(25(3)4)15-8-10-17(21)11-9-15;/h5-12,14,19H,13H2,1-4H3,(H3,22,23,24);1H. The molecule has 0 aliphatic carbocycles. The molecular weight excluding hydrogens is 442 g/mol. The summed E-state index contributed by atoms with van der Waals surface area (Å²) in [5.74, 6) is 0.586. The van der Waals surface area contributed by atoms with Gasteiger partial charge in [0.1, 0.15) is 5.82 Å². The first kappa shape index (κ1) is 22.4. The molecule has 0 aromatic heterocycles. The number of benzene rings is 2. The van der Waals surface area contributed by atoms with Crippen molar-refractivity contribution in [2.45, 2.75) is 25.8 Å². The molecular formula is C20H28FIN4. The number of nitrogens with two attached hydrogens (primary N) is 1. The van der Waals surface area contributed by atoms with Gasteiger partial charge in [-0.2, -0.15) is 0 Å². The third-order valence-electron chi connectivity index (χ3n) is 4.14. The summed E-state index contributed by atoms with van der Waals surface area (Å²) in [4.78, 5) is 6.51. The number of halogens is 2. The van der Waals surface area contributed by atoms with Crippen molar-refractivity contribution in [3.05, 3.63) is 65.5 Å². The highest BCUT2D eigenvalue weighted by Crippen LogP contribution is 2.20. The fourth-order valence-electron chi connectivity index (χ4n) is 2.60. The summed E-state index contributed by atoms with van der Waals surface area (Å²) in [7, 11) is 3.94. The molecule has 3 N–H and O–H groups in total. The van der Waals surface area contributed by atoms with Crippen LogP contribution in [0.15, 0.2) is 53.5 Å². The van der Waals surface area contributed by atoms with Gasteiger partial charge in [0.05, 0.1) is 12.6 Å². The maximum atomic E-state index is 13.1. The minimum atomic E-state index is -0.240. The van der Waals surface area contributed by atoms with Gasteiger partial charge in [0, 0.05) is 5.69 Å². The Balaban J connectivity index is 0.00000338. The number of nitrogens with zero attached hydrogens (tertiary/aromatic N) is 2. The Labute approximate surface area is 172 Å². The van der Waals surface area contributed by atoms with E-state index in [4.69, 9.17) is 5.73 Å². The second-order valence-corrected chi connectivity index (χ2v) is 6.66. The van der Waals surface area contributed by atoms with Crippen molar-refractivity contribution >= 4 is 35.6 Å². The van der Waals surface area contributed by atoms with Gasteiger partial charge >= 0.3 is 0 Å². The number of hydrogen-bond acceptors (Lipinski definition) is 2. The van der Waals surface area contributed by atoms with Gasteiger partial charge < -0.3 is 16.0 Å². The van der Waals surface area contributed by atoms with E-state index in [2.05, 4.69) is 36.3 Å². The molecule has 0 aliphatic rings. The molecule has 0 saturated heterocycles. The van der Waals surface area contributed by atoms with Crippen LogP contribution >= 0.6 is 24.0 Å². The first-order valence-electron chi connectivity index (χ1n) is 8.45. The Kier molecular flexibility index (Phi) is 9.01. The predicted octanol–water partition coefficient (Wildman–Crippen LogP) is 4.60. The normalized spacial score (nSPS) is 12.8. The zero-order valence-corrected chi connectivity index (χ0v) is 18.1. The molecule has 0 saturated carbocycles. The highest BCUT2D eigenvalue weighted by atomic mass is 127. The lowest BCUT2D eigenvalue weighted by molar-refractivity contribution is 0.306. The molecule has 26 heavy (non-hydrogen) atoms. The van der Waals surface area contributed by atoms with E-state index in [1.54, 1.807) is 12.1 Å². The minimum absolute atomic E-state index is 0. The van der Waals surface area contributed by atoms with Crippen molar-refractivity contribution in [1.82, 2.24) is 4.90 Å². The molecule has 0 amide bonds. The minimum Gasteiger partial charge on any atom is -0.370 e. The molecule has 4 nitrogen and oxygen atoms in total. The van der Waals surface area contributed by atoms with Crippen LogP contribution in [-0.4, -0.2) is 31.5 Å². The number of rotatable bonds is 6. The van der Waals surface area contributed by atoms with Crippen molar-refractivity contribution in [2.24, 2.45) is 10.7 Å². The van der Waals surface area contributed by atoms with E-state index in [0.717, 1.165) is 11.3 Å². The Morgan fingerprint density at radius 1 is 1.12 bits per heavy atom. The van der Waals surface area contributed by atoms with Crippen LogP contribution < -0.4 is 11.1 Å². The van der Waals surface area contributed by atoms with Crippen molar-refractivity contribution < 1.29 is 4.39 Å². The van der Waals surface area contributed by atoms with Gasteiger partial charge in [0.15, 0.2) is 5.96 Å². The average molecular weight is 470 g/mol. The number of aliphatic imine (C=N–C) groups is 1. The first-order valence-corrected chi connectivity index (χ1v) is 8.45. The van der Waals surface area contributed by atoms with Gasteiger partial charge in [0.25, 0.3) is 0 Å². The molecule has 0 fully saturated rings. The van der Waals surface area contributed by atoms with E-state index in [9.17, 15) is 4.39 Å². The fraction of sp³-hybridized carbons (Fsp3) is 0.350. The van der Waals surface area contributed by atoms with E-state index >= 15 is 0 Å². The Morgan fingerprint density at radius 2 is 1.77 bits per heavy atom. The third kappa shape index (κ3) is 6.57. The third-order valence-corrected chi connectivity index (χ3v) is 4.14. The molecule has 2 aromatic rings. The van der Waals surface area contributed by atoms with Gasteiger partial charge in [-0.3, -0.25) is 4.99 Å². The second kappa shape index (κ2) is 10.5. The quantitative estimate of drug-likeness (QED) is 0.369. The highest BCUT2D eigenvalue weighted by Gasteiger charge is 2.14. The van der Waals surface area contributed by atoms with Crippen LogP contribution in [-0.2, 0) is 0 Å². The number of nitrogens with one attached hydrogen (secondary N) is 1. The molecule has 2 rings (SSSR count). The Hall–Kier alpha value is -1.67. The van der Waals surface area contributed by atoms with Gasteiger partial charge in [-0.15, -0.1) is 24.0 Å². The highest BCUT2D eigenvalue weighted by molar-refractivity contribution is 14.0. The Morgan fingerprint density at radius 3 is 2.35 bits per heavy atom. The van der Waals surface area contributed by atoms with Gasteiger partial charge in [-0.1, -0.05) is 38.1 Å². The van der Waals surface area contributed by atoms with Gasteiger partial charge in [-0.05, 0) is 55.4 Å². The molecule has 2 aromatic carbocycles. The molecule has 1 atom stereocenters. The molecule has 0 aliphatic heterocycles. The zero-order valence-electron chi connectivity index (χ0n) is 15.7. The van der Waals surface area contributed by atoms with Crippen LogP contribution in [0.4, 0.5) is 10.1 Å². The lowest BCUT2D eigenvalue weighted by Crippen LogP contribution is -2.27. The van der Waals surface area contributed by atoms with Gasteiger partial charge in [-0.25, -0.2) is 4.39 Å². The maximum absolute atomic E-state index is 13.1. The van der Waals surface area contributed by atoms with Crippen LogP contribution in [0.3, 0.4) is 0 Å². The first-order chi connectivity index (χ1) is 11.9. The smallest absolute Gasteiger partial charge is 0.193 e. The van der Waals surface area contributed by atoms with Crippen LogP contribution in [0, 0.1) is 5.82 Å². The number of guanidine groups is 1. The number of anilines is 1. The van der Waals surface area contributed by atoms with E-state index in [1.165, 1.54) is 17.7 Å². The van der Waals surface area contributed by atoms with Crippen LogP contribution in [0.1, 0.15) is 36.9 Å². The molecule has 142 valence electrons. The molecule has 0 bridgehead atoms. The Bertz CT molecular complexity index is 714. The fourth-order valence-corrected chi connectivity index (χ4v) is 2.60. The van der Waals surface area contributed by atoms with Crippen molar-refractivity contribution in [3.63, 3.8) is 0 Å². The molecule has 6 heteroatoms. The average Bonchev–Trinajstić information content (AvgIpc) is 2.56. The van der Waals surface area contributed by atoms with Crippen LogP contribution in [0.5, 0.6) is 0 Å². The molecule has 0 heterocycles. The lowest BCUT2D eigenvalue weighted by Gasteiger charge is -2.23. The summed E-state index contributed by atoms with van der Waals surface area (Å²) >= 11 is 0. The molecule has 0 spiro atoms. The van der Waals surface area contributed by atoms with E-state index < -0.39 is 0 Å². The zero-order chi connectivity index (χ0) is 18.4. The summed E-state index contributed by atoms with van der Waals surface area (Å²) in [6.07, 6.45) is 0.